The van der Waals surface area contributed by atoms with Gasteiger partial charge in [0.25, 0.3) is 0 Å². The number of halogens is 6. The molecule has 0 atom stereocenters. The van der Waals surface area contributed by atoms with Crippen LogP contribution in [-0.2, 0) is 0 Å². The molecule has 2 aromatic heterocycles. The average Bonchev–Trinajstić information content (AvgIpc) is 3.63. The van der Waals surface area contributed by atoms with Gasteiger partial charge in [-0.15, -0.1) is 22.7 Å². The van der Waals surface area contributed by atoms with E-state index < -0.39 is 40.0 Å². The van der Waals surface area contributed by atoms with Gasteiger partial charge in [0.1, 0.15) is 0 Å². The molecular weight excluding hydrogens is 599 g/mol. The van der Waals surface area contributed by atoms with Crippen molar-refractivity contribution >= 4 is 33.8 Å². The molecule has 0 aliphatic heterocycles. The van der Waals surface area contributed by atoms with Crippen LogP contribution < -0.4 is 0 Å². The standard InChI is InChI=1S/C35H26F6S2/c1-3-5-9-19-27-25(21-29(42-27)23-15-11-7-12-16-23)31-32(34(38,39)35(40,41)33(31,36)37)26-22-30(24-17-13-8-14-18-24)43-28(26)20-10-6-4-2/h7-8,11-18,21-22H,3-6H2,1-2H3. The van der Waals surface area contributed by atoms with Gasteiger partial charge in [0.15, 0.2) is 0 Å². The van der Waals surface area contributed by atoms with Crippen molar-refractivity contribution in [1.82, 2.24) is 0 Å². The zero-order valence-electron chi connectivity index (χ0n) is 23.3. The van der Waals surface area contributed by atoms with Crippen molar-refractivity contribution in [2.24, 2.45) is 0 Å². The molecule has 2 heterocycles. The zero-order chi connectivity index (χ0) is 30.8. The van der Waals surface area contributed by atoms with Gasteiger partial charge in [-0.1, -0.05) is 98.2 Å². The highest BCUT2D eigenvalue weighted by atomic mass is 32.1. The van der Waals surface area contributed by atoms with Crippen LogP contribution in [0.2, 0.25) is 0 Å². The van der Waals surface area contributed by atoms with Crippen LogP contribution in [0.4, 0.5) is 26.3 Å². The molecule has 43 heavy (non-hydrogen) atoms. The lowest BCUT2D eigenvalue weighted by Crippen LogP contribution is -2.48. The summed E-state index contributed by atoms with van der Waals surface area (Å²) in [5.41, 5.74) is -2.37. The average molecular weight is 625 g/mol. The van der Waals surface area contributed by atoms with Gasteiger partial charge in [-0.25, -0.2) is 0 Å². The van der Waals surface area contributed by atoms with Crippen LogP contribution in [0.25, 0.3) is 32.0 Å². The lowest BCUT2D eigenvalue weighted by molar-refractivity contribution is -0.254. The second kappa shape index (κ2) is 12.1. The molecule has 0 saturated heterocycles. The van der Waals surface area contributed by atoms with Gasteiger partial charge in [-0.3, -0.25) is 0 Å². The molecule has 1 aliphatic carbocycles. The van der Waals surface area contributed by atoms with E-state index in [1.807, 2.05) is 13.8 Å². The molecule has 0 amide bonds. The highest BCUT2D eigenvalue weighted by Gasteiger charge is 2.80. The number of thiophene rings is 2. The van der Waals surface area contributed by atoms with Crippen molar-refractivity contribution in [1.29, 1.82) is 0 Å². The fourth-order valence-corrected chi connectivity index (χ4v) is 6.89. The van der Waals surface area contributed by atoms with Gasteiger partial charge >= 0.3 is 17.8 Å². The third-order valence-electron chi connectivity index (χ3n) is 6.94. The van der Waals surface area contributed by atoms with Crippen LogP contribution in [0.15, 0.2) is 72.8 Å². The second-order valence-corrected chi connectivity index (χ2v) is 12.1. The first-order valence-corrected chi connectivity index (χ1v) is 15.4. The lowest BCUT2D eigenvalue weighted by Gasteiger charge is -2.25. The summed E-state index contributed by atoms with van der Waals surface area (Å²) in [4.78, 5) is 0.974. The van der Waals surface area contributed by atoms with Gasteiger partial charge in [-0.2, -0.15) is 26.3 Å². The van der Waals surface area contributed by atoms with Gasteiger partial charge in [-0.05, 0) is 36.1 Å². The molecule has 0 fully saturated rings. The van der Waals surface area contributed by atoms with E-state index in [0.29, 0.717) is 46.6 Å². The van der Waals surface area contributed by atoms with E-state index in [4.69, 9.17) is 0 Å². The van der Waals surface area contributed by atoms with E-state index in [-0.39, 0.29) is 9.75 Å². The fraction of sp³-hybridized carbons (Fsp3) is 0.257. The van der Waals surface area contributed by atoms with E-state index in [9.17, 15) is 0 Å². The number of hydrogen-bond acceptors (Lipinski definition) is 2. The highest BCUT2D eigenvalue weighted by molar-refractivity contribution is 7.16. The summed E-state index contributed by atoms with van der Waals surface area (Å²) >= 11 is 2.03. The summed E-state index contributed by atoms with van der Waals surface area (Å²) in [6.45, 7) is 3.77. The first kappa shape index (κ1) is 30.7. The highest BCUT2D eigenvalue weighted by Crippen LogP contribution is 2.66. The molecule has 2 aromatic carbocycles. The third-order valence-corrected chi connectivity index (χ3v) is 9.14. The summed E-state index contributed by atoms with van der Waals surface area (Å²) < 4.78 is 94.2. The van der Waals surface area contributed by atoms with Crippen LogP contribution in [0, 0.1) is 23.7 Å². The Hall–Kier alpha value is -3.72. The molecular formula is C35H26F6S2. The van der Waals surface area contributed by atoms with Crippen molar-refractivity contribution < 1.29 is 26.3 Å². The molecule has 8 heteroatoms. The molecule has 1 aliphatic rings. The predicted molar refractivity (Wildman–Crippen MR) is 165 cm³/mol. The first-order chi connectivity index (χ1) is 20.5. The quantitative estimate of drug-likeness (QED) is 0.148. The number of hydrogen-bond donors (Lipinski definition) is 0. The normalized spacial score (nSPS) is 16.4. The van der Waals surface area contributed by atoms with Crippen molar-refractivity contribution in [2.75, 3.05) is 0 Å². The van der Waals surface area contributed by atoms with Crippen molar-refractivity contribution in [3.05, 3.63) is 93.7 Å². The lowest BCUT2D eigenvalue weighted by atomic mass is 9.94. The molecule has 220 valence electrons. The van der Waals surface area contributed by atoms with E-state index in [1.54, 1.807) is 60.7 Å². The number of allylic oxidation sites excluding steroid dienone is 2. The predicted octanol–water partition coefficient (Wildman–Crippen LogP) is 11.3. The summed E-state index contributed by atoms with van der Waals surface area (Å²) in [7, 11) is 0. The van der Waals surface area contributed by atoms with Gasteiger partial charge in [0.2, 0.25) is 0 Å². The molecule has 0 spiro atoms. The number of alkyl halides is 6. The van der Waals surface area contributed by atoms with E-state index in [1.165, 1.54) is 12.1 Å². The second-order valence-electron chi connectivity index (χ2n) is 10.0. The van der Waals surface area contributed by atoms with Crippen LogP contribution in [0.3, 0.4) is 0 Å². The molecule has 5 rings (SSSR count). The summed E-state index contributed by atoms with van der Waals surface area (Å²) in [5.74, 6) is -4.68. The van der Waals surface area contributed by atoms with Gasteiger partial charge in [0.05, 0.1) is 9.75 Å². The zero-order valence-corrected chi connectivity index (χ0v) is 25.0. The Morgan fingerprint density at radius 2 is 0.953 bits per heavy atom. The van der Waals surface area contributed by atoms with Crippen LogP contribution in [0.1, 0.15) is 60.4 Å². The van der Waals surface area contributed by atoms with Gasteiger partial charge < -0.3 is 0 Å². The Kier molecular flexibility index (Phi) is 8.65. The summed E-state index contributed by atoms with van der Waals surface area (Å²) in [5, 5.41) is 0. The molecule has 0 unspecified atom stereocenters. The maximum Gasteiger partial charge on any atom is 0.380 e. The van der Waals surface area contributed by atoms with E-state index >= 15 is 26.3 Å². The minimum Gasteiger partial charge on any atom is -0.194 e. The van der Waals surface area contributed by atoms with Crippen LogP contribution in [0.5, 0.6) is 0 Å². The van der Waals surface area contributed by atoms with Crippen molar-refractivity contribution in [2.45, 2.75) is 57.3 Å². The summed E-state index contributed by atoms with van der Waals surface area (Å²) in [6, 6.07) is 20.0. The monoisotopic (exact) mass is 624 g/mol. The van der Waals surface area contributed by atoms with Crippen LogP contribution >= 0.6 is 22.7 Å². The number of unbranched alkanes of at least 4 members (excludes halogenated alkanes) is 2. The SMILES string of the molecule is CCCC#Cc1sc(-c2ccccc2)cc1C1=C(c2cc(-c3ccccc3)sc2C#CCCC)C(F)(F)C(F)(F)C1(F)F. The van der Waals surface area contributed by atoms with E-state index in [0.717, 1.165) is 22.7 Å². The molecule has 4 aromatic rings. The van der Waals surface area contributed by atoms with Crippen molar-refractivity contribution in [3.8, 4) is 44.6 Å². The Morgan fingerprint density at radius 3 is 1.30 bits per heavy atom. The molecule has 0 nitrogen and oxygen atoms in total. The van der Waals surface area contributed by atoms with E-state index in [2.05, 4.69) is 23.7 Å². The Bertz CT molecular complexity index is 1640. The fourth-order valence-electron chi connectivity index (χ4n) is 4.80. The minimum absolute atomic E-state index is 0.0325. The minimum atomic E-state index is -5.68. The van der Waals surface area contributed by atoms with Crippen molar-refractivity contribution in [3.63, 3.8) is 0 Å². The molecule has 0 saturated carbocycles. The Labute approximate surface area is 255 Å². The Morgan fingerprint density at radius 1 is 0.581 bits per heavy atom. The molecule has 0 radical (unpaired) electrons. The Balaban J connectivity index is 1.86. The first-order valence-electron chi connectivity index (χ1n) is 13.8. The summed E-state index contributed by atoms with van der Waals surface area (Å²) in [6.07, 6.45) is 2.20. The largest absolute Gasteiger partial charge is 0.380 e. The topological polar surface area (TPSA) is 0 Å². The number of benzene rings is 2. The molecule has 0 N–H and O–H groups in total. The third kappa shape index (κ3) is 5.44. The van der Waals surface area contributed by atoms with Crippen LogP contribution in [-0.4, -0.2) is 17.8 Å². The molecule has 0 bridgehead atoms. The maximum absolute atomic E-state index is 15.9. The maximum atomic E-state index is 15.9. The van der Waals surface area contributed by atoms with Gasteiger partial charge in [0, 0.05) is 44.9 Å². The number of rotatable bonds is 6. The smallest absolute Gasteiger partial charge is 0.194 e.